The second kappa shape index (κ2) is 9.85. The van der Waals surface area contributed by atoms with Crippen molar-refractivity contribution in [2.45, 2.75) is 45.2 Å². The number of carbonyl (C=O) groups is 4. The minimum Gasteiger partial charge on any atom is -0.484 e. The first-order valence-electron chi connectivity index (χ1n) is 10.7. The second-order valence-electron chi connectivity index (χ2n) is 8.36. The molecule has 0 spiro atoms. The lowest BCUT2D eigenvalue weighted by atomic mass is 9.96. The molecule has 1 fully saturated rings. The Kier molecular flexibility index (Phi) is 7.16. The highest BCUT2D eigenvalue weighted by Crippen LogP contribution is 2.31. The van der Waals surface area contributed by atoms with Gasteiger partial charge in [-0.25, -0.2) is 9.69 Å². The van der Waals surface area contributed by atoms with Crippen LogP contribution in [-0.4, -0.2) is 53.9 Å². The Morgan fingerprint density at radius 3 is 2.27 bits per heavy atom. The number of imide groups is 1. The third kappa shape index (κ3) is 5.05. The van der Waals surface area contributed by atoms with E-state index >= 15 is 0 Å². The van der Waals surface area contributed by atoms with E-state index in [9.17, 15) is 19.2 Å². The molecule has 174 valence electrons. The molecule has 0 radical (unpaired) electrons. The Balaban J connectivity index is 1.84. The van der Waals surface area contributed by atoms with Gasteiger partial charge >= 0.3 is 5.97 Å². The summed E-state index contributed by atoms with van der Waals surface area (Å²) in [7, 11) is 1.27. The summed E-state index contributed by atoms with van der Waals surface area (Å²) < 4.78 is 10.3. The summed E-state index contributed by atoms with van der Waals surface area (Å²) in [5.41, 5.74) is -0.0380. The summed E-state index contributed by atoms with van der Waals surface area (Å²) >= 11 is 0. The Labute approximate surface area is 193 Å². The second-order valence-corrected chi connectivity index (χ2v) is 8.36. The van der Waals surface area contributed by atoms with Crippen molar-refractivity contribution in [3.05, 3.63) is 60.2 Å². The van der Waals surface area contributed by atoms with E-state index < -0.39 is 29.4 Å². The van der Waals surface area contributed by atoms with Crippen LogP contribution in [0.3, 0.4) is 0 Å². The van der Waals surface area contributed by atoms with E-state index in [4.69, 9.17) is 4.74 Å². The zero-order valence-electron chi connectivity index (χ0n) is 19.2. The number of ether oxygens (including phenoxy) is 2. The smallest absolute Gasteiger partial charge is 0.337 e. The van der Waals surface area contributed by atoms with Crippen molar-refractivity contribution < 1.29 is 28.7 Å². The number of esters is 1. The highest BCUT2D eigenvalue weighted by Gasteiger charge is 2.48. The molecule has 1 aliphatic rings. The molecule has 8 heteroatoms. The summed E-state index contributed by atoms with van der Waals surface area (Å²) in [6.45, 7) is 5.39. The number of para-hydroxylation sites is 1. The fourth-order valence-corrected chi connectivity index (χ4v) is 3.79. The van der Waals surface area contributed by atoms with Crippen molar-refractivity contribution in [1.29, 1.82) is 0 Å². The lowest BCUT2D eigenvalue weighted by Crippen LogP contribution is -2.56. The normalized spacial score (nSPS) is 16.0. The average Bonchev–Trinajstić information content (AvgIpc) is 3.11. The van der Waals surface area contributed by atoms with E-state index in [1.54, 1.807) is 24.3 Å². The van der Waals surface area contributed by atoms with E-state index in [0.717, 1.165) is 4.90 Å². The Bertz CT molecular complexity index is 1030. The molecule has 3 amide bonds. The third-order valence-electron chi connectivity index (χ3n) is 5.87. The van der Waals surface area contributed by atoms with Crippen LogP contribution in [0.4, 0.5) is 5.69 Å². The zero-order chi connectivity index (χ0) is 24.2. The Hall–Kier alpha value is -3.68. The van der Waals surface area contributed by atoms with E-state index in [2.05, 4.69) is 4.74 Å². The molecule has 0 bridgehead atoms. The Morgan fingerprint density at radius 2 is 1.70 bits per heavy atom. The Morgan fingerprint density at radius 1 is 1.06 bits per heavy atom. The number of hydrogen-bond acceptors (Lipinski definition) is 6. The van der Waals surface area contributed by atoms with Crippen molar-refractivity contribution in [3.63, 3.8) is 0 Å². The molecular formula is C25H28N2O6. The van der Waals surface area contributed by atoms with Gasteiger partial charge in [0.1, 0.15) is 11.8 Å². The molecule has 1 atom stereocenters. The van der Waals surface area contributed by atoms with Gasteiger partial charge in [0.25, 0.3) is 11.8 Å². The van der Waals surface area contributed by atoms with Crippen molar-refractivity contribution in [3.8, 4) is 5.75 Å². The van der Waals surface area contributed by atoms with Gasteiger partial charge in [-0.2, -0.15) is 0 Å². The van der Waals surface area contributed by atoms with Crippen molar-refractivity contribution in [2.75, 3.05) is 18.6 Å². The molecule has 1 unspecified atom stereocenters. The molecule has 0 aromatic heterocycles. The maximum atomic E-state index is 13.4. The molecule has 0 saturated carbocycles. The van der Waals surface area contributed by atoms with Gasteiger partial charge in [0.15, 0.2) is 6.61 Å². The van der Waals surface area contributed by atoms with E-state index in [0.29, 0.717) is 23.4 Å². The largest absolute Gasteiger partial charge is 0.484 e. The summed E-state index contributed by atoms with van der Waals surface area (Å²) in [5, 5.41) is 0. The van der Waals surface area contributed by atoms with Gasteiger partial charge in [-0.3, -0.25) is 14.4 Å². The van der Waals surface area contributed by atoms with E-state index in [1.165, 1.54) is 36.3 Å². The molecule has 33 heavy (non-hydrogen) atoms. The number of anilines is 1. The number of carbonyl (C=O) groups excluding carboxylic acids is 4. The predicted octanol–water partition coefficient (Wildman–Crippen LogP) is 3.20. The summed E-state index contributed by atoms with van der Waals surface area (Å²) in [5.74, 6) is -1.25. The summed E-state index contributed by atoms with van der Waals surface area (Å²) in [6, 6.07) is 14.0. The topological polar surface area (TPSA) is 93.2 Å². The number of rotatable bonds is 8. The predicted molar refractivity (Wildman–Crippen MR) is 122 cm³/mol. The summed E-state index contributed by atoms with van der Waals surface area (Å²) in [4.78, 5) is 53.6. The number of amides is 3. The van der Waals surface area contributed by atoms with E-state index in [-0.39, 0.29) is 18.9 Å². The maximum Gasteiger partial charge on any atom is 0.337 e. The van der Waals surface area contributed by atoms with Gasteiger partial charge in [-0.1, -0.05) is 25.1 Å². The summed E-state index contributed by atoms with van der Waals surface area (Å²) in [6.07, 6.45) is 0.452. The molecule has 0 N–H and O–H groups in total. The van der Waals surface area contributed by atoms with Crippen molar-refractivity contribution in [1.82, 2.24) is 4.90 Å². The van der Waals surface area contributed by atoms with Gasteiger partial charge < -0.3 is 14.4 Å². The SMILES string of the molecule is CCC(C)(C)N(C(=O)COc1ccccc1)C1CC(=O)N(c2ccc(C(=O)OC)cc2)C1=O. The molecular weight excluding hydrogens is 424 g/mol. The van der Waals surface area contributed by atoms with Crippen LogP contribution in [0.5, 0.6) is 5.75 Å². The fourth-order valence-electron chi connectivity index (χ4n) is 3.79. The fraction of sp³-hybridized carbons (Fsp3) is 0.360. The van der Waals surface area contributed by atoms with Gasteiger partial charge in [-0.15, -0.1) is 0 Å². The van der Waals surface area contributed by atoms with Gasteiger partial charge in [-0.05, 0) is 56.7 Å². The average molecular weight is 453 g/mol. The van der Waals surface area contributed by atoms with Gasteiger partial charge in [0.2, 0.25) is 5.91 Å². The molecule has 0 aliphatic carbocycles. The highest BCUT2D eigenvalue weighted by atomic mass is 16.5. The van der Waals surface area contributed by atoms with Crippen LogP contribution in [0.15, 0.2) is 54.6 Å². The van der Waals surface area contributed by atoms with Gasteiger partial charge in [0.05, 0.1) is 24.8 Å². The lowest BCUT2D eigenvalue weighted by Gasteiger charge is -2.41. The lowest BCUT2D eigenvalue weighted by molar-refractivity contribution is -0.146. The number of nitrogens with zero attached hydrogens (tertiary/aromatic N) is 2. The van der Waals surface area contributed by atoms with Crippen LogP contribution >= 0.6 is 0 Å². The first-order chi connectivity index (χ1) is 15.7. The van der Waals surface area contributed by atoms with Crippen LogP contribution in [-0.2, 0) is 19.1 Å². The first kappa shape index (κ1) is 24.0. The molecule has 1 saturated heterocycles. The van der Waals surface area contributed by atoms with Crippen LogP contribution in [0, 0.1) is 0 Å². The maximum absolute atomic E-state index is 13.4. The van der Waals surface area contributed by atoms with Crippen LogP contribution in [0.1, 0.15) is 44.0 Å². The minimum absolute atomic E-state index is 0.127. The van der Waals surface area contributed by atoms with E-state index in [1.807, 2.05) is 26.8 Å². The third-order valence-corrected chi connectivity index (χ3v) is 5.87. The monoisotopic (exact) mass is 452 g/mol. The molecule has 2 aromatic carbocycles. The van der Waals surface area contributed by atoms with Gasteiger partial charge in [0, 0.05) is 5.54 Å². The number of hydrogen-bond donors (Lipinski definition) is 0. The molecule has 1 aliphatic heterocycles. The quantitative estimate of drug-likeness (QED) is 0.451. The standard InChI is InChI=1S/C25H28N2O6/c1-5-25(2,3)27(22(29)16-33-19-9-7-6-8-10-19)20-15-21(28)26(23(20)30)18-13-11-17(12-14-18)24(31)32-4/h6-14,20H,5,15-16H2,1-4H3. The van der Waals surface area contributed by atoms with Crippen LogP contribution in [0.2, 0.25) is 0 Å². The number of methoxy groups -OCH3 is 1. The highest BCUT2D eigenvalue weighted by molar-refractivity contribution is 6.23. The molecule has 3 rings (SSSR count). The number of benzene rings is 2. The van der Waals surface area contributed by atoms with Crippen molar-refractivity contribution in [2.24, 2.45) is 0 Å². The van der Waals surface area contributed by atoms with Crippen LogP contribution in [0.25, 0.3) is 0 Å². The first-order valence-corrected chi connectivity index (χ1v) is 10.7. The zero-order valence-corrected chi connectivity index (χ0v) is 19.2. The molecule has 2 aromatic rings. The molecule has 1 heterocycles. The van der Waals surface area contributed by atoms with Crippen molar-refractivity contribution >= 4 is 29.4 Å². The minimum atomic E-state index is -0.945. The van der Waals surface area contributed by atoms with Crippen LogP contribution < -0.4 is 9.64 Å². The molecule has 8 nitrogen and oxygen atoms in total.